The van der Waals surface area contributed by atoms with Crippen LogP contribution in [0.5, 0.6) is 0 Å². The molecule has 0 saturated heterocycles. The predicted octanol–water partition coefficient (Wildman–Crippen LogP) is 7.73. The zero-order valence-electron chi connectivity index (χ0n) is 17.4. The van der Waals surface area contributed by atoms with Crippen molar-refractivity contribution in [2.45, 2.75) is 27.1 Å². The van der Waals surface area contributed by atoms with E-state index in [1.165, 1.54) is 27.8 Å². The summed E-state index contributed by atoms with van der Waals surface area (Å²) in [7, 11) is 0. The molecule has 2 aliphatic rings. The maximum absolute atomic E-state index is 2.53. The molecule has 0 heterocycles. The molecule has 30 heavy (non-hydrogen) atoms. The summed E-state index contributed by atoms with van der Waals surface area (Å²) < 4.78 is 1.28. The molecule has 0 nitrogen and oxygen atoms in total. The number of fused-ring (bicyclic) bond motifs is 6. The summed E-state index contributed by atoms with van der Waals surface area (Å²) >= 11 is -1.17. The molecule has 0 aromatic heterocycles. The first kappa shape index (κ1) is 18.5. The van der Waals surface area contributed by atoms with Crippen molar-refractivity contribution in [3.05, 3.63) is 119 Å². The van der Waals surface area contributed by atoms with Crippen molar-refractivity contribution >= 4 is 0 Å². The molecule has 1 heteroatoms. The van der Waals surface area contributed by atoms with E-state index in [0.717, 1.165) is 0 Å². The second-order valence-corrected chi connectivity index (χ2v) is 14.1. The van der Waals surface area contributed by atoms with E-state index in [9.17, 15) is 0 Å². The van der Waals surface area contributed by atoms with Gasteiger partial charge in [0.1, 0.15) is 0 Å². The van der Waals surface area contributed by atoms with Gasteiger partial charge in [0.2, 0.25) is 0 Å². The third kappa shape index (κ3) is 2.75. The Balaban J connectivity index is 1.50. The van der Waals surface area contributed by atoms with E-state index in [2.05, 4.69) is 105 Å². The second-order valence-electron chi connectivity index (χ2n) is 8.80. The van der Waals surface area contributed by atoms with Gasteiger partial charge in [0.05, 0.1) is 0 Å². The molecule has 0 saturated carbocycles. The third-order valence-electron chi connectivity index (χ3n) is 6.78. The zero-order chi connectivity index (χ0) is 20.2. The molecule has 1 atom stereocenters. The molecule has 4 aromatic carbocycles. The fourth-order valence-electron chi connectivity index (χ4n) is 5.27. The first-order valence-corrected chi connectivity index (χ1v) is 15.0. The van der Waals surface area contributed by atoms with Crippen molar-refractivity contribution in [1.29, 1.82) is 0 Å². The van der Waals surface area contributed by atoms with E-state index in [1.807, 2.05) is 0 Å². The van der Waals surface area contributed by atoms with Gasteiger partial charge in [0.15, 0.2) is 0 Å². The number of hydrogen-bond donors (Lipinski definition) is 0. The Morgan fingerprint density at radius 3 is 1.47 bits per heavy atom. The second kappa shape index (κ2) is 7.17. The van der Waals surface area contributed by atoms with Crippen molar-refractivity contribution in [1.82, 2.24) is 0 Å². The molecule has 2 aliphatic carbocycles. The fourth-order valence-corrected chi connectivity index (χ4v) is 12.6. The first-order chi connectivity index (χ1) is 14.7. The van der Waals surface area contributed by atoms with Crippen LogP contribution < -0.4 is 0 Å². The van der Waals surface area contributed by atoms with Crippen LogP contribution in [0.2, 0.25) is 0 Å². The van der Waals surface area contributed by atoms with E-state index >= 15 is 0 Å². The summed E-state index contributed by atoms with van der Waals surface area (Å²) in [5, 5.41) is 0. The Morgan fingerprint density at radius 1 is 0.533 bits per heavy atom. The summed E-state index contributed by atoms with van der Waals surface area (Å²) in [4.78, 5) is 0. The van der Waals surface area contributed by atoms with Crippen LogP contribution in [-0.2, 0) is 22.9 Å². The third-order valence-corrected chi connectivity index (χ3v) is 13.6. The SMILES string of the molecule is CC(C)c1ccc2c(c1)[CH]([Hf][CH]1c3ccccc3-c3ccccc31)c1ccccc1-2. The molecular formula is C29H24Hf. The Bertz CT molecular complexity index is 1220. The Morgan fingerprint density at radius 2 is 0.967 bits per heavy atom. The normalized spacial score (nSPS) is 16.2. The zero-order valence-corrected chi connectivity index (χ0v) is 21.0. The van der Waals surface area contributed by atoms with Crippen molar-refractivity contribution in [2.75, 3.05) is 0 Å². The van der Waals surface area contributed by atoms with Gasteiger partial charge in [-0.15, -0.1) is 0 Å². The molecular weight excluding hydrogens is 527 g/mol. The quantitative estimate of drug-likeness (QED) is 0.229. The standard InChI is InChI=1S/C16H15.C13H9.Hf/c1-11(2)12-7-8-16-14(9-12)10-13-5-3-4-6-15(13)16;1-3-7-12-10(5-1)9-11-6-2-4-8-13(11)12;/h3-11H,1-2H3;1-9H;. The summed E-state index contributed by atoms with van der Waals surface area (Å²) in [5.74, 6) is 0.570. The molecule has 0 radical (unpaired) electrons. The van der Waals surface area contributed by atoms with Gasteiger partial charge in [-0.25, -0.2) is 0 Å². The summed E-state index contributed by atoms with van der Waals surface area (Å²) in [5.41, 5.74) is 13.7. The number of rotatable bonds is 3. The molecule has 144 valence electrons. The summed E-state index contributed by atoms with van der Waals surface area (Å²) in [6.45, 7) is 4.62. The minimum atomic E-state index is -1.17. The Hall–Kier alpha value is -2.25. The van der Waals surface area contributed by atoms with Crippen LogP contribution in [-0.4, -0.2) is 0 Å². The minimum absolute atomic E-state index is 0.570. The fraction of sp³-hybridized carbons (Fsp3) is 0.172. The van der Waals surface area contributed by atoms with Crippen LogP contribution in [0.25, 0.3) is 22.3 Å². The summed E-state index contributed by atoms with van der Waals surface area (Å²) in [6, 6.07) is 34.7. The van der Waals surface area contributed by atoms with Gasteiger partial charge in [-0.05, 0) is 0 Å². The van der Waals surface area contributed by atoms with E-state index < -0.39 is 22.9 Å². The predicted molar refractivity (Wildman–Crippen MR) is 122 cm³/mol. The molecule has 0 aliphatic heterocycles. The monoisotopic (exact) mass is 552 g/mol. The van der Waals surface area contributed by atoms with Gasteiger partial charge in [0.25, 0.3) is 0 Å². The van der Waals surface area contributed by atoms with Crippen LogP contribution in [0.1, 0.15) is 54.9 Å². The number of benzene rings is 4. The average molecular weight is 551 g/mol. The molecule has 0 bridgehead atoms. The van der Waals surface area contributed by atoms with E-state index in [4.69, 9.17) is 0 Å². The topological polar surface area (TPSA) is 0 Å². The molecule has 0 N–H and O–H groups in total. The van der Waals surface area contributed by atoms with Crippen molar-refractivity contribution < 1.29 is 22.9 Å². The molecule has 6 rings (SSSR count). The van der Waals surface area contributed by atoms with Gasteiger partial charge >= 0.3 is 191 Å². The van der Waals surface area contributed by atoms with Gasteiger partial charge in [0, 0.05) is 0 Å². The molecule has 0 amide bonds. The van der Waals surface area contributed by atoms with Crippen LogP contribution in [0.15, 0.2) is 91.0 Å². The van der Waals surface area contributed by atoms with Crippen LogP contribution >= 0.6 is 0 Å². The van der Waals surface area contributed by atoms with Crippen molar-refractivity contribution in [3.63, 3.8) is 0 Å². The molecule has 4 aromatic rings. The summed E-state index contributed by atoms with van der Waals surface area (Å²) in [6.07, 6.45) is 0. The van der Waals surface area contributed by atoms with E-state index in [-0.39, 0.29) is 0 Å². The van der Waals surface area contributed by atoms with Crippen LogP contribution in [0, 0.1) is 0 Å². The maximum atomic E-state index is 2.53. The molecule has 0 fully saturated rings. The van der Waals surface area contributed by atoms with Crippen molar-refractivity contribution in [2.24, 2.45) is 0 Å². The number of hydrogen-bond acceptors (Lipinski definition) is 0. The van der Waals surface area contributed by atoms with Crippen LogP contribution in [0.3, 0.4) is 0 Å². The average Bonchev–Trinajstić information content (AvgIpc) is 3.27. The Labute approximate surface area is 190 Å². The molecule has 1 unspecified atom stereocenters. The van der Waals surface area contributed by atoms with Crippen molar-refractivity contribution in [3.8, 4) is 22.3 Å². The molecule has 0 spiro atoms. The van der Waals surface area contributed by atoms with Gasteiger partial charge in [-0.2, -0.15) is 0 Å². The van der Waals surface area contributed by atoms with Gasteiger partial charge < -0.3 is 0 Å². The van der Waals surface area contributed by atoms with E-state index in [0.29, 0.717) is 13.3 Å². The van der Waals surface area contributed by atoms with E-state index in [1.54, 1.807) is 22.3 Å². The Kier molecular flexibility index (Phi) is 4.42. The van der Waals surface area contributed by atoms with Crippen LogP contribution in [0.4, 0.5) is 0 Å². The van der Waals surface area contributed by atoms with Gasteiger partial charge in [-0.3, -0.25) is 0 Å². The first-order valence-electron chi connectivity index (χ1n) is 10.9. The van der Waals surface area contributed by atoms with Gasteiger partial charge in [-0.1, -0.05) is 0 Å².